The van der Waals surface area contributed by atoms with Crippen LogP contribution < -0.4 is 10.2 Å². The van der Waals surface area contributed by atoms with Crippen molar-refractivity contribution in [1.82, 2.24) is 5.32 Å². The number of likely N-dealkylation sites (N-methyl/N-ethyl adjacent to an activating group) is 1. The molecule has 8 nitrogen and oxygen atoms in total. The molecule has 0 aliphatic rings. The number of amides is 1. The summed E-state index contributed by atoms with van der Waals surface area (Å²) >= 11 is 0. The molecular weight excluding hydrogens is 852 g/mol. The summed E-state index contributed by atoms with van der Waals surface area (Å²) in [5.41, 5.74) is 0. The molecule has 0 radical (unpaired) electrons. The molecule has 0 aromatic heterocycles. The van der Waals surface area contributed by atoms with Crippen LogP contribution in [0.1, 0.15) is 316 Å². The minimum atomic E-state index is -4.57. The molecule has 3 unspecified atom stereocenters. The number of unbranched alkanes of at least 4 members (excludes halogenated alkanes) is 43. The van der Waals surface area contributed by atoms with Gasteiger partial charge in [-0.15, -0.1) is 0 Å². The lowest BCUT2D eigenvalue weighted by Crippen LogP contribution is -2.46. The van der Waals surface area contributed by atoms with Crippen molar-refractivity contribution in [2.75, 3.05) is 40.9 Å². The van der Waals surface area contributed by atoms with E-state index in [1.165, 1.54) is 250 Å². The molecule has 0 fully saturated rings. The first kappa shape index (κ1) is 66.5. The summed E-state index contributed by atoms with van der Waals surface area (Å²) in [6, 6.07) is -0.795. The van der Waals surface area contributed by atoms with Crippen molar-refractivity contribution < 1.29 is 32.9 Å². The first-order valence-corrected chi connectivity index (χ1v) is 31.3. The highest BCUT2D eigenvalue weighted by molar-refractivity contribution is 7.45. The molecule has 2 N–H and O–H groups in total. The van der Waals surface area contributed by atoms with Crippen LogP contribution in [0.15, 0.2) is 0 Å². The zero-order chi connectivity index (χ0) is 49.2. The van der Waals surface area contributed by atoms with E-state index in [4.69, 9.17) is 9.05 Å². The van der Waals surface area contributed by atoms with Gasteiger partial charge >= 0.3 is 0 Å². The number of carbonyl (C=O) groups excluding carboxylic acids is 1. The Bertz CT molecular complexity index is 1060. The fraction of sp³-hybridized carbons (Fsp3) is 0.983. The van der Waals surface area contributed by atoms with Gasteiger partial charge in [0.2, 0.25) is 5.91 Å². The van der Waals surface area contributed by atoms with Crippen molar-refractivity contribution in [1.29, 1.82) is 0 Å². The van der Waals surface area contributed by atoms with E-state index in [9.17, 15) is 19.4 Å². The molecule has 1 amide bonds. The maximum absolute atomic E-state index is 13.0. The monoisotopic (exact) mass is 971 g/mol. The zero-order valence-corrected chi connectivity index (χ0v) is 46.8. The van der Waals surface area contributed by atoms with Gasteiger partial charge in [-0.05, 0) is 12.8 Å². The molecule has 0 saturated carbocycles. The van der Waals surface area contributed by atoms with Crippen molar-refractivity contribution in [3.05, 3.63) is 0 Å². The van der Waals surface area contributed by atoms with Crippen LogP contribution in [-0.2, 0) is 18.4 Å². The van der Waals surface area contributed by atoms with E-state index in [0.717, 1.165) is 38.5 Å². The third-order valence-corrected chi connectivity index (χ3v) is 15.1. The number of hydrogen-bond acceptors (Lipinski definition) is 6. The molecular formula is C58H119N2O6P. The molecule has 0 aliphatic heterocycles. The molecule has 0 aromatic rings. The second kappa shape index (κ2) is 50.4. The van der Waals surface area contributed by atoms with Crippen LogP contribution in [0.5, 0.6) is 0 Å². The van der Waals surface area contributed by atoms with Gasteiger partial charge in [0, 0.05) is 6.42 Å². The summed E-state index contributed by atoms with van der Waals surface area (Å²) in [4.78, 5) is 25.6. The number of carbonyl (C=O) groups is 1. The molecule has 0 aromatic carbocycles. The van der Waals surface area contributed by atoms with Gasteiger partial charge in [0.25, 0.3) is 7.82 Å². The van der Waals surface area contributed by atoms with E-state index in [1.807, 2.05) is 21.1 Å². The fourth-order valence-corrected chi connectivity index (χ4v) is 10.1. The highest BCUT2D eigenvalue weighted by Gasteiger charge is 2.24. The maximum atomic E-state index is 13.0. The van der Waals surface area contributed by atoms with Crippen LogP contribution >= 0.6 is 7.82 Å². The zero-order valence-electron chi connectivity index (χ0n) is 45.9. The molecule has 67 heavy (non-hydrogen) atoms. The second-order valence-electron chi connectivity index (χ2n) is 22.1. The Labute approximate surface area is 419 Å². The van der Waals surface area contributed by atoms with Gasteiger partial charge in [-0.1, -0.05) is 296 Å². The van der Waals surface area contributed by atoms with Gasteiger partial charge in [0.1, 0.15) is 13.2 Å². The van der Waals surface area contributed by atoms with E-state index >= 15 is 0 Å². The molecule has 0 aliphatic carbocycles. The SMILES string of the molecule is CCCCCCCCCCCCCCCCCCCCCCCCCCC(=O)NC(COP(=O)([O-])OCC[N+](C)(C)C)C(O)CCCCCCCCCCCCCCCCCCCCCCC. The van der Waals surface area contributed by atoms with Crippen molar-refractivity contribution >= 4 is 13.7 Å². The van der Waals surface area contributed by atoms with E-state index in [0.29, 0.717) is 23.9 Å². The second-order valence-corrected chi connectivity index (χ2v) is 23.5. The highest BCUT2D eigenvalue weighted by atomic mass is 31.2. The van der Waals surface area contributed by atoms with E-state index < -0.39 is 20.0 Å². The van der Waals surface area contributed by atoms with Gasteiger partial charge in [0.15, 0.2) is 0 Å². The lowest BCUT2D eigenvalue weighted by atomic mass is 10.0. The standard InChI is InChI=1S/C58H119N2O6P/c1-6-8-10-12-14-16-18-20-22-24-26-28-29-30-32-34-36-38-40-42-44-46-48-50-52-58(62)59-56(55-66-67(63,64)65-54-53-60(3,4)5)57(61)51-49-47-45-43-41-39-37-35-33-31-27-25-23-21-19-17-15-13-11-9-7-2/h56-57,61H,6-55H2,1-5H3,(H-,59,62,63,64). The largest absolute Gasteiger partial charge is 0.756 e. The third-order valence-electron chi connectivity index (χ3n) is 14.1. The Morgan fingerprint density at radius 2 is 0.731 bits per heavy atom. The summed E-state index contributed by atoms with van der Waals surface area (Å²) < 4.78 is 23.5. The van der Waals surface area contributed by atoms with E-state index in [1.54, 1.807) is 0 Å². The van der Waals surface area contributed by atoms with Gasteiger partial charge in [-0.3, -0.25) is 9.36 Å². The number of hydrogen-bond donors (Lipinski definition) is 2. The van der Waals surface area contributed by atoms with E-state index in [2.05, 4.69) is 19.2 Å². The van der Waals surface area contributed by atoms with Crippen LogP contribution in [0.4, 0.5) is 0 Å². The van der Waals surface area contributed by atoms with Gasteiger partial charge in [-0.2, -0.15) is 0 Å². The highest BCUT2D eigenvalue weighted by Crippen LogP contribution is 2.38. The smallest absolute Gasteiger partial charge is 0.268 e. The van der Waals surface area contributed by atoms with Crippen LogP contribution in [0.25, 0.3) is 0 Å². The minimum Gasteiger partial charge on any atom is -0.756 e. The van der Waals surface area contributed by atoms with Crippen molar-refractivity contribution in [2.24, 2.45) is 0 Å². The predicted molar refractivity (Wildman–Crippen MR) is 289 cm³/mol. The Morgan fingerprint density at radius 3 is 1.01 bits per heavy atom. The van der Waals surface area contributed by atoms with E-state index in [-0.39, 0.29) is 19.1 Å². The molecule has 0 spiro atoms. The number of quaternary nitrogens is 1. The third kappa shape index (κ3) is 53.1. The van der Waals surface area contributed by atoms with Crippen molar-refractivity contribution in [3.8, 4) is 0 Å². The average molecular weight is 972 g/mol. The lowest BCUT2D eigenvalue weighted by Gasteiger charge is -2.30. The van der Waals surface area contributed by atoms with Crippen LogP contribution in [-0.4, -0.2) is 68.5 Å². The summed E-state index contributed by atoms with van der Waals surface area (Å²) in [6.07, 6.45) is 59.9. The number of phosphoric ester groups is 1. The Kier molecular flexibility index (Phi) is 50.1. The minimum absolute atomic E-state index is 0.0167. The number of phosphoric acid groups is 1. The number of nitrogens with one attached hydrogen (secondary N) is 1. The molecule has 0 saturated heterocycles. The Hall–Kier alpha value is -0.500. The first-order chi connectivity index (χ1) is 32.5. The topological polar surface area (TPSA) is 108 Å². The molecule has 402 valence electrons. The van der Waals surface area contributed by atoms with Crippen molar-refractivity contribution in [3.63, 3.8) is 0 Å². The van der Waals surface area contributed by atoms with Gasteiger partial charge in [-0.25, -0.2) is 0 Å². The average Bonchev–Trinajstić information content (AvgIpc) is 3.29. The maximum Gasteiger partial charge on any atom is 0.268 e. The molecule has 0 heterocycles. The molecule has 9 heteroatoms. The van der Waals surface area contributed by atoms with Crippen molar-refractivity contribution in [2.45, 2.75) is 328 Å². The predicted octanol–water partition coefficient (Wildman–Crippen LogP) is 17.4. The summed E-state index contributed by atoms with van der Waals surface area (Å²) in [6.45, 7) is 4.78. The summed E-state index contributed by atoms with van der Waals surface area (Å²) in [7, 11) is 1.33. The molecule has 0 bridgehead atoms. The Balaban J connectivity index is 4.10. The summed E-state index contributed by atoms with van der Waals surface area (Å²) in [5.74, 6) is -0.156. The fourth-order valence-electron chi connectivity index (χ4n) is 9.40. The van der Waals surface area contributed by atoms with Crippen LogP contribution in [0.2, 0.25) is 0 Å². The van der Waals surface area contributed by atoms with Gasteiger partial charge < -0.3 is 28.8 Å². The molecule has 0 rings (SSSR count). The number of nitrogens with zero attached hydrogens (tertiary/aromatic N) is 1. The van der Waals surface area contributed by atoms with Crippen LogP contribution in [0, 0.1) is 0 Å². The normalized spacial score (nSPS) is 13.8. The lowest BCUT2D eigenvalue weighted by molar-refractivity contribution is -0.870. The number of aliphatic hydroxyl groups is 1. The van der Waals surface area contributed by atoms with Crippen LogP contribution in [0.3, 0.4) is 0 Å². The number of rotatable bonds is 56. The molecule has 3 atom stereocenters. The van der Waals surface area contributed by atoms with Gasteiger partial charge in [0.05, 0.1) is 39.9 Å². The quantitative estimate of drug-likeness (QED) is 0.0357. The summed E-state index contributed by atoms with van der Waals surface area (Å²) in [5, 5.41) is 14.0. The number of aliphatic hydroxyl groups excluding tert-OH is 1. The first-order valence-electron chi connectivity index (χ1n) is 29.9. The Morgan fingerprint density at radius 1 is 0.463 bits per heavy atom.